The molecule has 0 amide bonds. The summed E-state index contributed by atoms with van der Waals surface area (Å²) in [5.74, 6) is 0.271. The number of nitrogens with zero attached hydrogens (tertiary/aromatic N) is 5. The number of hydrogen-bond donors (Lipinski definition) is 1. The van der Waals surface area contributed by atoms with E-state index < -0.39 is 4.92 Å². The molecule has 0 fully saturated rings. The van der Waals surface area contributed by atoms with E-state index in [2.05, 4.69) is 15.4 Å². The average Bonchev–Trinajstić information content (AvgIpc) is 2.87. The largest absolute Gasteiger partial charge is 0.406 e. The van der Waals surface area contributed by atoms with E-state index in [9.17, 15) is 10.1 Å². The first-order chi connectivity index (χ1) is 8.58. The minimum absolute atomic E-state index is 0.149. The number of anilines is 1. The molecule has 8 heteroatoms. The van der Waals surface area contributed by atoms with Gasteiger partial charge in [-0.15, -0.1) is 0 Å². The highest BCUT2D eigenvalue weighted by atomic mass is 16.6. The van der Waals surface area contributed by atoms with Crippen LogP contribution < -0.4 is 5.32 Å². The fraction of sp³-hybridized carbons (Fsp3) is 0.400. The number of imidazole rings is 1. The Hall–Kier alpha value is -2.38. The number of rotatable bonds is 5. The van der Waals surface area contributed by atoms with Gasteiger partial charge in [-0.2, -0.15) is 5.10 Å². The molecule has 0 saturated heterocycles. The summed E-state index contributed by atoms with van der Waals surface area (Å²) in [6.07, 6.45) is 5.86. The van der Waals surface area contributed by atoms with Gasteiger partial charge in [-0.05, 0) is 21.9 Å². The molecule has 8 nitrogen and oxygen atoms in total. The molecule has 0 radical (unpaired) electrons. The summed E-state index contributed by atoms with van der Waals surface area (Å²) in [4.78, 5) is 14.0. The molecule has 0 unspecified atom stereocenters. The van der Waals surface area contributed by atoms with Crippen molar-refractivity contribution in [2.75, 3.05) is 11.9 Å². The Balaban J connectivity index is 1.98. The molecule has 0 saturated carbocycles. The van der Waals surface area contributed by atoms with Crippen LogP contribution in [0.25, 0.3) is 0 Å². The highest BCUT2D eigenvalue weighted by Gasteiger charge is 2.19. The van der Waals surface area contributed by atoms with Crippen molar-refractivity contribution in [3.05, 3.63) is 34.4 Å². The number of hydrogen-bond acceptors (Lipinski definition) is 5. The molecule has 0 aliphatic carbocycles. The first kappa shape index (κ1) is 12.1. The molecule has 0 aliphatic rings. The van der Waals surface area contributed by atoms with Crippen LogP contribution in [0.2, 0.25) is 0 Å². The SMILES string of the molecule is Cn1cc(CCNc2c([N+](=O)[O-])ncn2C)cn1. The van der Waals surface area contributed by atoms with Gasteiger partial charge >= 0.3 is 5.82 Å². The third-order valence-electron chi connectivity index (χ3n) is 2.56. The minimum atomic E-state index is -0.494. The van der Waals surface area contributed by atoms with Crippen LogP contribution in [-0.2, 0) is 20.5 Å². The Bertz CT molecular complexity index is 558. The van der Waals surface area contributed by atoms with Crippen molar-refractivity contribution in [3.8, 4) is 0 Å². The Morgan fingerprint density at radius 1 is 1.50 bits per heavy atom. The molecule has 2 aromatic heterocycles. The first-order valence-electron chi connectivity index (χ1n) is 5.45. The fourth-order valence-corrected chi connectivity index (χ4v) is 1.68. The van der Waals surface area contributed by atoms with Gasteiger partial charge in [0.05, 0.1) is 6.20 Å². The summed E-state index contributed by atoms with van der Waals surface area (Å²) in [6.45, 7) is 0.589. The molecule has 1 N–H and O–H groups in total. The van der Waals surface area contributed by atoms with E-state index in [1.807, 2.05) is 13.2 Å². The van der Waals surface area contributed by atoms with Gasteiger partial charge in [0.25, 0.3) is 0 Å². The van der Waals surface area contributed by atoms with E-state index in [0.29, 0.717) is 12.4 Å². The lowest BCUT2D eigenvalue weighted by Crippen LogP contribution is -2.09. The number of aromatic nitrogens is 4. The van der Waals surface area contributed by atoms with Gasteiger partial charge in [-0.3, -0.25) is 9.25 Å². The van der Waals surface area contributed by atoms with Crippen molar-refractivity contribution in [1.82, 2.24) is 19.3 Å². The summed E-state index contributed by atoms with van der Waals surface area (Å²) in [6, 6.07) is 0. The third kappa shape index (κ3) is 2.47. The second-order valence-electron chi connectivity index (χ2n) is 3.98. The zero-order valence-corrected chi connectivity index (χ0v) is 10.2. The van der Waals surface area contributed by atoms with Crippen molar-refractivity contribution in [1.29, 1.82) is 0 Å². The highest BCUT2D eigenvalue weighted by Crippen LogP contribution is 2.20. The van der Waals surface area contributed by atoms with Crippen LogP contribution in [0, 0.1) is 10.1 Å². The van der Waals surface area contributed by atoms with E-state index in [1.54, 1.807) is 22.5 Å². The lowest BCUT2D eigenvalue weighted by molar-refractivity contribution is -0.388. The molecule has 0 spiro atoms. The summed E-state index contributed by atoms with van der Waals surface area (Å²) in [7, 11) is 3.56. The number of nitrogens with one attached hydrogen (secondary N) is 1. The molecule has 18 heavy (non-hydrogen) atoms. The smallest absolute Gasteiger partial charge is 0.364 e. The predicted molar refractivity (Wildman–Crippen MR) is 65.3 cm³/mol. The molecule has 0 aliphatic heterocycles. The normalized spacial score (nSPS) is 10.6. The van der Waals surface area contributed by atoms with Gasteiger partial charge in [-0.25, -0.2) is 0 Å². The quantitative estimate of drug-likeness (QED) is 0.623. The maximum atomic E-state index is 10.7. The van der Waals surface area contributed by atoms with Crippen LogP contribution >= 0.6 is 0 Å². The molecule has 2 aromatic rings. The van der Waals surface area contributed by atoms with Crippen LogP contribution in [0.1, 0.15) is 5.56 Å². The predicted octanol–water partition coefficient (Wildman–Crippen LogP) is 0.716. The topological polar surface area (TPSA) is 90.8 Å². The molecule has 96 valence electrons. The maximum absolute atomic E-state index is 10.7. The molecular formula is C10H14N6O2. The summed E-state index contributed by atoms with van der Waals surface area (Å²) in [5.41, 5.74) is 1.08. The molecule has 2 rings (SSSR count). The standard InChI is InChI=1S/C10H14N6O2/c1-14-7-12-10(16(17)18)9(14)11-4-3-8-5-13-15(2)6-8/h5-7,11H,3-4H2,1-2H3. The van der Waals surface area contributed by atoms with Crippen LogP contribution in [0.5, 0.6) is 0 Å². The van der Waals surface area contributed by atoms with E-state index in [0.717, 1.165) is 12.0 Å². The Kier molecular flexibility index (Phi) is 3.26. The van der Waals surface area contributed by atoms with Crippen LogP contribution in [0.4, 0.5) is 11.6 Å². The lowest BCUT2D eigenvalue weighted by Gasteiger charge is -2.04. The average molecular weight is 250 g/mol. The van der Waals surface area contributed by atoms with Crippen molar-refractivity contribution >= 4 is 11.6 Å². The first-order valence-corrected chi connectivity index (χ1v) is 5.45. The second-order valence-corrected chi connectivity index (χ2v) is 3.98. The molecule has 0 aromatic carbocycles. The van der Waals surface area contributed by atoms with Crippen LogP contribution in [0.3, 0.4) is 0 Å². The Labute approximate surface area is 103 Å². The van der Waals surface area contributed by atoms with Gasteiger partial charge in [0.2, 0.25) is 12.1 Å². The van der Waals surface area contributed by atoms with Crippen molar-refractivity contribution < 1.29 is 4.92 Å². The van der Waals surface area contributed by atoms with E-state index in [-0.39, 0.29) is 5.82 Å². The monoisotopic (exact) mass is 250 g/mol. The zero-order chi connectivity index (χ0) is 13.1. The van der Waals surface area contributed by atoms with E-state index >= 15 is 0 Å². The van der Waals surface area contributed by atoms with Crippen LogP contribution in [-0.4, -0.2) is 30.8 Å². The van der Waals surface area contributed by atoms with E-state index in [4.69, 9.17) is 0 Å². The minimum Gasteiger partial charge on any atom is -0.364 e. The van der Waals surface area contributed by atoms with Gasteiger partial charge < -0.3 is 15.4 Å². The highest BCUT2D eigenvalue weighted by molar-refractivity contribution is 5.51. The van der Waals surface area contributed by atoms with Crippen molar-refractivity contribution in [3.63, 3.8) is 0 Å². The van der Waals surface area contributed by atoms with Gasteiger partial charge in [0.1, 0.15) is 0 Å². The molecule has 2 heterocycles. The van der Waals surface area contributed by atoms with Gasteiger partial charge in [0.15, 0.2) is 0 Å². The number of nitro groups is 1. The third-order valence-corrected chi connectivity index (χ3v) is 2.56. The molecular weight excluding hydrogens is 236 g/mol. The molecule has 0 atom stereocenters. The van der Waals surface area contributed by atoms with E-state index in [1.165, 1.54) is 6.33 Å². The van der Waals surface area contributed by atoms with Crippen molar-refractivity contribution in [2.24, 2.45) is 14.1 Å². The Morgan fingerprint density at radius 3 is 2.89 bits per heavy atom. The maximum Gasteiger partial charge on any atom is 0.406 e. The second kappa shape index (κ2) is 4.86. The van der Waals surface area contributed by atoms with Gasteiger partial charge in [-0.1, -0.05) is 0 Å². The summed E-state index contributed by atoms with van der Waals surface area (Å²) >= 11 is 0. The number of aryl methyl sites for hydroxylation is 2. The van der Waals surface area contributed by atoms with Gasteiger partial charge in [0, 0.05) is 26.8 Å². The lowest BCUT2D eigenvalue weighted by atomic mass is 10.2. The summed E-state index contributed by atoms with van der Waals surface area (Å²) < 4.78 is 3.32. The van der Waals surface area contributed by atoms with Crippen LogP contribution in [0.15, 0.2) is 18.7 Å². The Morgan fingerprint density at radius 2 is 2.28 bits per heavy atom. The zero-order valence-electron chi connectivity index (χ0n) is 10.2. The fourth-order valence-electron chi connectivity index (χ4n) is 1.68. The molecule has 0 bridgehead atoms. The summed E-state index contributed by atoms with van der Waals surface area (Å²) in [5, 5.41) is 17.8. The van der Waals surface area contributed by atoms with Crippen molar-refractivity contribution in [2.45, 2.75) is 6.42 Å².